The Morgan fingerprint density at radius 3 is 2.85 bits per heavy atom. The lowest BCUT2D eigenvalue weighted by Gasteiger charge is -2.08. The zero-order chi connectivity index (χ0) is 14.4. The van der Waals surface area contributed by atoms with E-state index in [0.717, 1.165) is 29.4 Å². The smallest absolute Gasteiger partial charge is 0.137 e. The summed E-state index contributed by atoms with van der Waals surface area (Å²) < 4.78 is 0. The maximum Gasteiger partial charge on any atom is 0.137 e. The van der Waals surface area contributed by atoms with Gasteiger partial charge in [0.25, 0.3) is 0 Å². The number of aromatic nitrogens is 1. The molecule has 0 aliphatic rings. The predicted molar refractivity (Wildman–Crippen MR) is 82.8 cm³/mol. The Bertz CT molecular complexity index is 573. The summed E-state index contributed by atoms with van der Waals surface area (Å²) in [5.74, 6) is 0.298. The number of rotatable bonds is 7. The van der Waals surface area contributed by atoms with Crippen molar-refractivity contribution in [2.75, 3.05) is 6.54 Å². The highest BCUT2D eigenvalue weighted by Gasteiger charge is 2.07. The molecule has 3 nitrogen and oxygen atoms in total. The number of Topliss-reactive ketones (excluding diaryl/α,β-unsaturated/α-hetero) is 1. The van der Waals surface area contributed by atoms with Crippen molar-refractivity contribution in [3.63, 3.8) is 0 Å². The van der Waals surface area contributed by atoms with Crippen LogP contribution < -0.4 is 5.32 Å². The van der Waals surface area contributed by atoms with Crippen LogP contribution in [0.4, 0.5) is 0 Å². The van der Waals surface area contributed by atoms with Crippen LogP contribution in [0, 0.1) is 0 Å². The SMILES string of the molecule is CC(C)NCCCC(=O)Cc1ccnc2ccccc12. The second kappa shape index (κ2) is 7.15. The summed E-state index contributed by atoms with van der Waals surface area (Å²) in [6, 6.07) is 10.4. The van der Waals surface area contributed by atoms with Gasteiger partial charge in [-0.15, -0.1) is 0 Å². The van der Waals surface area contributed by atoms with E-state index in [1.54, 1.807) is 6.20 Å². The molecular weight excluding hydrogens is 248 g/mol. The third-order valence-corrected chi connectivity index (χ3v) is 3.31. The molecule has 1 aromatic carbocycles. The van der Waals surface area contributed by atoms with Crippen molar-refractivity contribution in [2.45, 2.75) is 39.2 Å². The first kappa shape index (κ1) is 14.7. The number of hydrogen-bond donors (Lipinski definition) is 1. The van der Waals surface area contributed by atoms with Crippen LogP contribution in [0.2, 0.25) is 0 Å². The molecule has 0 aliphatic carbocycles. The quantitative estimate of drug-likeness (QED) is 0.786. The number of nitrogens with one attached hydrogen (secondary N) is 1. The van der Waals surface area contributed by atoms with Crippen LogP contribution in [0.3, 0.4) is 0 Å². The number of nitrogens with zero attached hydrogens (tertiary/aromatic N) is 1. The molecule has 20 heavy (non-hydrogen) atoms. The van der Waals surface area contributed by atoms with Crippen molar-refractivity contribution >= 4 is 16.7 Å². The van der Waals surface area contributed by atoms with Crippen LogP contribution in [0.15, 0.2) is 36.5 Å². The van der Waals surface area contributed by atoms with Crippen molar-refractivity contribution in [1.82, 2.24) is 10.3 Å². The summed E-state index contributed by atoms with van der Waals surface area (Å²) in [4.78, 5) is 16.4. The van der Waals surface area contributed by atoms with E-state index in [-0.39, 0.29) is 0 Å². The van der Waals surface area contributed by atoms with Crippen LogP contribution in [-0.4, -0.2) is 23.4 Å². The first-order valence-electron chi connectivity index (χ1n) is 7.24. The fourth-order valence-corrected chi connectivity index (χ4v) is 2.29. The first-order chi connectivity index (χ1) is 9.66. The summed E-state index contributed by atoms with van der Waals surface area (Å²) >= 11 is 0. The van der Waals surface area contributed by atoms with E-state index in [9.17, 15) is 4.79 Å². The van der Waals surface area contributed by atoms with Crippen molar-refractivity contribution < 1.29 is 4.79 Å². The van der Waals surface area contributed by atoms with Crippen LogP contribution in [-0.2, 0) is 11.2 Å². The number of para-hydroxylation sites is 1. The predicted octanol–water partition coefficient (Wildman–Crippen LogP) is 3.12. The Kier molecular flexibility index (Phi) is 5.24. The van der Waals surface area contributed by atoms with Gasteiger partial charge in [-0.1, -0.05) is 32.0 Å². The lowest BCUT2D eigenvalue weighted by molar-refractivity contribution is -0.118. The van der Waals surface area contributed by atoms with E-state index in [1.165, 1.54) is 0 Å². The third kappa shape index (κ3) is 4.14. The third-order valence-electron chi connectivity index (χ3n) is 3.31. The average Bonchev–Trinajstić information content (AvgIpc) is 2.44. The first-order valence-corrected chi connectivity index (χ1v) is 7.24. The minimum absolute atomic E-state index is 0.298. The van der Waals surface area contributed by atoms with Gasteiger partial charge < -0.3 is 5.32 Å². The van der Waals surface area contributed by atoms with Crippen molar-refractivity contribution in [1.29, 1.82) is 0 Å². The molecule has 0 saturated heterocycles. The molecule has 0 amide bonds. The second-order valence-corrected chi connectivity index (χ2v) is 5.42. The second-order valence-electron chi connectivity index (χ2n) is 5.42. The lowest BCUT2D eigenvalue weighted by Crippen LogP contribution is -2.24. The fourth-order valence-electron chi connectivity index (χ4n) is 2.29. The fraction of sp³-hybridized carbons (Fsp3) is 0.412. The highest BCUT2D eigenvalue weighted by molar-refractivity contribution is 5.88. The van der Waals surface area contributed by atoms with E-state index >= 15 is 0 Å². The summed E-state index contributed by atoms with van der Waals surface area (Å²) in [6.45, 7) is 5.14. The summed E-state index contributed by atoms with van der Waals surface area (Å²) in [5.41, 5.74) is 2.04. The molecule has 2 aromatic rings. The van der Waals surface area contributed by atoms with Crippen molar-refractivity contribution in [3.05, 3.63) is 42.1 Å². The van der Waals surface area contributed by atoms with Gasteiger partial charge in [0.15, 0.2) is 0 Å². The number of fused-ring (bicyclic) bond motifs is 1. The molecular formula is C17H22N2O. The zero-order valence-corrected chi connectivity index (χ0v) is 12.2. The van der Waals surface area contributed by atoms with Gasteiger partial charge in [0.05, 0.1) is 5.52 Å². The molecule has 0 bridgehead atoms. The summed E-state index contributed by atoms with van der Waals surface area (Å²) in [6.07, 6.45) is 3.83. The van der Waals surface area contributed by atoms with E-state index < -0.39 is 0 Å². The molecule has 0 aliphatic heterocycles. The molecule has 0 unspecified atom stereocenters. The monoisotopic (exact) mass is 270 g/mol. The minimum atomic E-state index is 0.298. The normalized spacial score (nSPS) is 11.2. The molecule has 0 spiro atoms. The molecule has 3 heteroatoms. The Morgan fingerprint density at radius 1 is 1.25 bits per heavy atom. The molecule has 0 atom stereocenters. The minimum Gasteiger partial charge on any atom is -0.315 e. The van der Waals surface area contributed by atoms with Crippen molar-refractivity contribution in [3.8, 4) is 0 Å². The summed E-state index contributed by atoms with van der Waals surface area (Å²) in [7, 11) is 0. The molecule has 0 radical (unpaired) electrons. The highest BCUT2D eigenvalue weighted by Crippen LogP contribution is 2.17. The zero-order valence-electron chi connectivity index (χ0n) is 12.2. The van der Waals surface area contributed by atoms with Gasteiger partial charge in [0.2, 0.25) is 0 Å². The standard InChI is InChI=1S/C17H22N2O/c1-13(2)18-10-5-6-15(20)12-14-9-11-19-17-8-4-3-7-16(14)17/h3-4,7-9,11,13,18H,5-6,10,12H2,1-2H3. The van der Waals surface area contributed by atoms with E-state index in [0.29, 0.717) is 24.7 Å². The maximum absolute atomic E-state index is 12.1. The topological polar surface area (TPSA) is 42.0 Å². The van der Waals surface area contributed by atoms with Gasteiger partial charge >= 0.3 is 0 Å². The molecule has 2 rings (SSSR count). The lowest BCUT2D eigenvalue weighted by atomic mass is 10.0. The Labute approximate surface area is 120 Å². The van der Waals surface area contributed by atoms with Crippen molar-refractivity contribution in [2.24, 2.45) is 0 Å². The molecule has 1 aromatic heterocycles. The number of carbonyl (C=O) groups is 1. The number of benzene rings is 1. The molecule has 0 fully saturated rings. The summed E-state index contributed by atoms with van der Waals surface area (Å²) in [5, 5.41) is 4.42. The number of pyridine rings is 1. The number of hydrogen-bond acceptors (Lipinski definition) is 3. The molecule has 0 saturated carbocycles. The van der Waals surface area contributed by atoms with Gasteiger partial charge in [-0.3, -0.25) is 9.78 Å². The van der Waals surface area contributed by atoms with Gasteiger partial charge in [0, 0.05) is 30.5 Å². The molecule has 1 heterocycles. The van der Waals surface area contributed by atoms with E-state index in [2.05, 4.69) is 24.1 Å². The Morgan fingerprint density at radius 2 is 2.05 bits per heavy atom. The van der Waals surface area contributed by atoms with Crippen LogP contribution in [0.1, 0.15) is 32.3 Å². The van der Waals surface area contributed by atoms with E-state index in [1.807, 2.05) is 30.3 Å². The average molecular weight is 270 g/mol. The van der Waals surface area contributed by atoms with Gasteiger partial charge in [-0.25, -0.2) is 0 Å². The van der Waals surface area contributed by atoms with Crippen LogP contribution in [0.5, 0.6) is 0 Å². The Hall–Kier alpha value is -1.74. The van der Waals surface area contributed by atoms with Crippen LogP contribution >= 0.6 is 0 Å². The largest absolute Gasteiger partial charge is 0.315 e. The highest BCUT2D eigenvalue weighted by atomic mass is 16.1. The van der Waals surface area contributed by atoms with Gasteiger partial charge in [-0.05, 0) is 30.7 Å². The molecule has 1 N–H and O–H groups in total. The number of carbonyl (C=O) groups excluding carboxylic acids is 1. The number of ketones is 1. The van der Waals surface area contributed by atoms with E-state index in [4.69, 9.17) is 0 Å². The van der Waals surface area contributed by atoms with Crippen LogP contribution in [0.25, 0.3) is 10.9 Å². The Balaban J connectivity index is 1.93. The van der Waals surface area contributed by atoms with Gasteiger partial charge in [-0.2, -0.15) is 0 Å². The molecule has 106 valence electrons. The maximum atomic E-state index is 12.1. The van der Waals surface area contributed by atoms with Gasteiger partial charge in [0.1, 0.15) is 5.78 Å².